The van der Waals surface area contributed by atoms with Crippen molar-refractivity contribution in [1.29, 1.82) is 0 Å². The molecule has 1 amide bonds. The summed E-state index contributed by atoms with van der Waals surface area (Å²) in [5.41, 5.74) is 3.31. The third-order valence-electron chi connectivity index (χ3n) is 4.94. The Balaban J connectivity index is 0.00000243. The quantitative estimate of drug-likeness (QED) is 0.887. The normalized spacial score (nSPS) is 18.0. The van der Waals surface area contributed by atoms with Gasteiger partial charge in [0.25, 0.3) is 0 Å². The van der Waals surface area contributed by atoms with Gasteiger partial charge in [-0.2, -0.15) is 0 Å². The molecular formula is C21H27ClN2O2. The van der Waals surface area contributed by atoms with Gasteiger partial charge in [0.15, 0.2) is 0 Å². The number of rotatable bonds is 4. The van der Waals surface area contributed by atoms with Crippen molar-refractivity contribution < 1.29 is 9.53 Å². The van der Waals surface area contributed by atoms with E-state index in [2.05, 4.69) is 24.4 Å². The highest BCUT2D eigenvalue weighted by Crippen LogP contribution is 2.32. The van der Waals surface area contributed by atoms with Gasteiger partial charge in [0.1, 0.15) is 5.75 Å². The Hall–Kier alpha value is -2.04. The lowest BCUT2D eigenvalue weighted by molar-refractivity contribution is -0.135. The number of amides is 1. The van der Waals surface area contributed by atoms with Crippen LogP contribution in [0.15, 0.2) is 48.5 Å². The monoisotopic (exact) mass is 374 g/mol. The first-order chi connectivity index (χ1) is 12.1. The maximum atomic E-state index is 13.3. The zero-order chi connectivity index (χ0) is 17.8. The van der Waals surface area contributed by atoms with Crippen LogP contribution < -0.4 is 10.1 Å². The van der Waals surface area contributed by atoms with Crippen molar-refractivity contribution >= 4 is 18.3 Å². The molecule has 140 valence electrons. The zero-order valence-electron chi connectivity index (χ0n) is 15.6. The van der Waals surface area contributed by atoms with E-state index in [4.69, 9.17) is 4.74 Å². The van der Waals surface area contributed by atoms with E-state index in [1.807, 2.05) is 48.2 Å². The molecule has 0 saturated carbocycles. The fraction of sp³-hybridized carbons (Fsp3) is 0.381. The minimum absolute atomic E-state index is 0. The number of carbonyl (C=O) groups is 1. The Morgan fingerprint density at radius 1 is 1.23 bits per heavy atom. The van der Waals surface area contributed by atoms with Gasteiger partial charge in [-0.3, -0.25) is 4.79 Å². The van der Waals surface area contributed by atoms with Gasteiger partial charge in [0.05, 0.1) is 19.1 Å². The van der Waals surface area contributed by atoms with E-state index in [0.717, 1.165) is 30.0 Å². The topological polar surface area (TPSA) is 41.6 Å². The van der Waals surface area contributed by atoms with Crippen LogP contribution in [0.25, 0.3) is 0 Å². The van der Waals surface area contributed by atoms with E-state index < -0.39 is 0 Å². The maximum Gasteiger partial charge on any atom is 0.230 e. The van der Waals surface area contributed by atoms with Crippen LogP contribution in [0.4, 0.5) is 0 Å². The summed E-state index contributed by atoms with van der Waals surface area (Å²) in [5, 5.41) is 3.41. The van der Waals surface area contributed by atoms with E-state index in [-0.39, 0.29) is 30.3 Å². The van der Waals surface area contributed by atoms with Crippen LogP contribution in [0, 0.1) is 6.92 Å². The third kappa shape index (κ3) is 4.19. The van der Waals surface area contributed by atoms with Gasteiger partial charge >= 0.3 is 0 Å². The zero-order valence-corrected chi connectivity index (χ0v) is 16.4. The molecule has 2 unspecified atom stereocenters. The predicted molar refractivity (Wildman–Crippen MR) is 107 cm³/mol. The number of hydrogen-bond acceptors (Lipinski definition) is 3. The second kappa shape index (κ2) is 9.06. The lowest BCUT2D eigenvalue weighted by atomic mass is 9.95. The third-order valence-corrected chi connectivity index (χ3v) is 4.94. The molecule has 2 atom stereocenters. The largest absolute Gasteiger partial charge is 0.496 e. The molecule has 1 heterocycles. The molecule has 0 spiro atoms. The van der Waals surface area contributed by atoms with Crippen molar-refractivity contribution in [2.75, 3.05) is 26.7 Å². The maximum absolute atomic E-state index is 13.3. The summed E-state index contributed by atoms with van der Waals surface area (Å²) < 4.78 is 5.52. The number of nitrogens with zero attached hydrogens (tertiary/aromatic N) is 1. The fourth-order valence-electron chi connectivity index (χ4n) is 3.52. The molecule has 0 radical (unpaired) electrons. The number of carbonyl (C=O) groups excluding carboxylic acids is 1. The Morgan fingerprint density at radius 2 is 2.00 bits per heavy atom. The summed E-state index contributed by atoms with van der Waals surface area (Å²) in [4.78, 5) is 15.3. The highest BCUT2D eigenvalue weighted by molar-refractivity contribution is 5.85. The molecule has 1 aliphatic rings. The van der Waals surface area contributed by atoms with E-state index in [0.29, 0.717) is 6.54 Å². The SMILES string of the molecule is COc1ccccc1C1CNCCN1C(=O)C(C)c1cccc(C)c1.Cl. The Kier molecular flexibility index (Phi) is 7.06. The second-order valence-corrected chi connectivity index (χ2v) is 6.63. The summed E-state index contributed by atoms with van der Waals surface area (Å²) in [6.07, 6.45) is 0. The van der Waals surface area contributed by atoms with Crippen molar-refractivity contribution in [3.8, 4) is 5.75 Å². The molecule has 0 aromatic heterocycles. The van der Waals surface area contributed by atoms with Crippen LogP contribution in [0.2, 0.25) is 0 Å². The van der Waals surface area contributed by atoms with Gasteiger partial charge in [0.2, 0.25) is 5.91 Å². The van der Waals surface area contributed by atoms with Crippen molar-refractivity contribution in [3.63, 3.8) is 0 Å². The number of piperazine rings is 1. The first kappa shape index (κ1) is 20.3. The fourth-order valence-corrected chi connectivity index (χ4v) is 3.52. The Labute approximate surface area is 162 Å². The van der Waals surface area contributed by atoms with E-state index in [1.165, 1.54) is 5.56 Å². The highest BCUT2D eigenvalue weighted by Gasteiger charge is 2.32. The second-order valence-electron chi connectivity index (χ2n) is 6.63. The molecule has 2 aromatic carbocycles. The number of methoxy groups -OCH3 is 1. The molecule has 0 bridgehead atoms. The molecule has 5 heteroatoms. The number of benzene rings is 2. The summed E-state index contributed by atoms with van der Waals surface area (Å²) in [6, 6.07) is 16.2. The lowest BCUT2D eigenvalue weighted by Crippen LogP contribution is -2.49. The molecule has 4 nitrogen and oxygen atoms in total. The van der Waals surface area contributed by atoms with Gasteiger partial charge in [-0.05, 0) is 25.5 Å². The predicted octanol–water partition coefficient (Wildman–Crippen LogP) is 3.70. The van der Waals surface area contributed by atoms with Crippen molar-refractivity contribution in [2.24, 2.45) is 0 Å². The molecule has 0 aliphatic carbocycles. The van der Waals surface area contributed by atoms with E-state index in [1.54, 1.807) is 7.11 Å². The summed E-state index contributed by atoms with van der Waals surface area (Å²) >= 11 is 0. The minimum Gasteiger partial charge on any atom is -0.496 e. The lowest BCUT2D eigenvalue weighted by Gasteiger charge is -2.38. The number of ether oxygens (including phenoxy) is 1. The van der Waals surface area contributed by atoms with Crippen LogP contribution in [-0.2, 0) is 4.79 Å². The first-order valence-corrected chi connectivity index (χ1v) is 8.82. The Morgan fingerprint density at radius 3 is 2.73 bits per heavy atom. The van der Waals surface area contributed by atoms with Crippen molar-refractivity contribution in [3.05, 3.63) is 65.2 Å². The van der Waals surface area contributed by atoms with Gasteiger partial charge in [-0.1, -0.05) is 48.0 Å². The van der Waals surface area contributed by atoms with Crippen LogP contribution >= 0.6 is 12.4 Å². The highest BCUT2D eigenvalue weighted by atomic mass is 35.5. The number of aryl methyl sites for hydroxylation is 1. The van der Waals surface area contributed by atoms with Gasteiger partial charge in [-0.15, -0.1) is 12.4 Å². The van der Waals surface area contributed by atoms with Crippen molar-refractivity contribution in [2.45, 2.75) is 25.8 Å². The minimum atomic E-state index is -0.157. The molecule has 3 rings (SSSR count). The van der Waals surface area contributed by atoms with Crippen LogP contribution in [0.5, 0.6) is 5.75 Å². The molecule has 1 N–H and O–H groups in total. The number of nitrogens with one attached hydrogen (secondary N) is 1. The molecule has 1 aliphatic heterocycles. The smallest absolute Gasteiger partial charge is 0.230 e. The Bertz CT molecular complexity index is 750. The molecule has 2 aromatic rings. The first-order valence-electron chi connectivity index (χ1n) is 8.82. The molecular weight excluding hydrogens is 348 g/mol. The van der Waals surface area contributed by atoms with Gasteiger partial charge in [0, 0.05) is 25.2 Å². The number of hydrogen-bond donors (Lipinski definition) is 1. The van der Waals surface area contributed by atoms with Gasteiger partial charge < -0.3 is 15.0 Å². The molecule has 1 saturated heterocycles. The molecule has 26 heavy (non-hydrogen) atoms. The van der Waals surface area contributed by atoms with Gasteiger partial charge in [-0.25, -0.2) is 0 Å². The molecule has 1 fully saturated rings. The summed E-state index contributed by atoms with van der Waals surface area (Å²) in [5.74, 6) is 0.843. The van der Waals surface area contributed by atoms with Crippen LogP contribution in [0.1, 0.15) is 35.6 Å². The van der Waals surface area contributed by atoms with E-state index >= 15 is 0 Å². The average Bonchev–Trinajstić information content (AvgIpc) is 2.66. The summed E-state index contributed by atoms with van der Waals surface area (Å²) in [7, 11) is 1.68. The van der Waals surface area contributed by atoms with Crippen LogP contribution in [0.3, 0.4) is 0 Å². The number of para-hydroxylation sites is 1. The van der Waals surface area contributed by atoms with E-state index in [9.17, 15) is 4.79 Å². The van der Waals surface area contributed by atoms with Crippen molar-refractivity contribution in [1.82, 2.24) is 10.2 Å². The summed E-state index contributed by atoms with van der Waals surface area (Å²) in [6.45, 7) is 6.32. The van der Waals surface area contributed by atoms with Crippen LogP contribution in [-0.4, -0.2) is 37.6 Å². The standard InChI is InChI=1S/C21H26N2O2.ClH/c1-15-7-6-8-17(13-15)16(2)21(24)23-12-11-22-14-19(23)18-9-4-5-10-20(18)25-3;/h4-10,13,16,19,22H,11-12,14H2,1-3H3;1H. The number of halogens is 1. The average molecular weight is 375 g/mol.